The molecule has 2 heteroatoms. The van der Waals surface area contributed by atoms with Gasteiger partial charge in [-0.1, -0.05) is 91.4 Å². The Morgan fingerprint density at radius 2 is 1.50 bits per heavy atom. The standard InChI is InChI=1S/C26H42S2/c1-4-6-7-8-9-10-11-13-21-14-16-22(17-15-21)20(3)24-19-26-25(28-24)18-23(27-26)12-5-2/h18-22H,4-17H2,1-3H3. The van der Waals surface area contributed by atoms with Crippen molar-refractivity contribution in [2.45, 2.75) is 117 Å². The number of aryl methyl sites for hydroxylation is 1. The molecule has 2 heterocycles. The molecule has 0 spiro atoms. The molecule has 3 rings (SSSR count). The lowest BCUT2D eigenvalue weighted by atomic mass is 9.74. The Kier molecular flexibility index (Phi) is 9.37. The van der Waals surface area contributed by atoms with Gasteiger partial charge in [0.05, 0.1) is 0 Å². The summed E-state index contributed by atoms with van der Waals surface area (Å²) in [5, 5.41) is 0. The molecule has 1 fully saturated rings. The molecule has 0 nitrogen and oxygen atoms in total. The van der Waals surface area contributed by atoms with Crippen molar-refractivity contribution in [3.8, 4) is 0 Å². The molecule has 0 bridgehead atoms. The van der Waals surface area contributed by atoms with Gasteiger partial charge in [-0.15, -0.1) is 22.7 Å². The van der Waals surface area contributed by atoms with Gasteiger partial charge in [-0.25, -0.2) is 0 Å². The van der Waals surface area contributed by atoms with E-state index in [4.69, 9.17) is 0 Å². The van der Waals surface area contributed by atoms with E-state index in [1.807, 2.05) is 11.3 Å². The fourth-order valence-corrected chi connectivity index (χ4v) is 7.78. The number of rotatable bonds is 12. The third-order valence-electron chi connectivity index (χ3n) is 7.04. The Bertz CT molecular complexity index is 640. The highest BCUT2D eigenvalue weighted by Crippen LogP contribution is 2.44. The third kappa shape index (κ3) is 6.33. The molecule has 1 saturated carbocycles. The summed E-state index contributed by atoms with van der Waals surface area (Å²) >= 11 is 4.12. The van der Waals surface area contributed by atoms with Gasteiger partial charge in [0.1, 0.15) is 0 Å². The SMILES string of the molecule is CCCCCCCCCC1CCC(C(C)c2cc3sc(CCC)cc3s2)CC1. The van der Waals surface area contributed by atoms with Crippen molar-refractivity contribution in [1.29, 1.82) is 0 Å². The van der Waals surface area contributed by atoms with Crippen LogP contribution in [0.1, 0.15) is 120 Å². The van der Waals surface area contributed by atoms with Crippen molar-refractivity contribution in [3.63, 3.8) is 0 Å². The highest BCUT2D eigenvalue weighted by molar-refractivity contribution is 7.27. The van der Waals surface area contributed by atoms with E-state index in [0.29, 0.717) is 0 Å². The summed E-state index contributed by atoms with van der Waals surface area (Å²) in [4.78, 5) is 3.23. The second-order valence-electron chi connectivity index (χ2n) is 9.32. The van der Waals surface area contributed by atoms with Crippen LogP contribution in [-0.2, 0) is 6.42 Å². The fraction of sp³-hybridized carbons (Fsp3) is 0.769. The summed E-state index contributed by atoms with van der Waals surface area (Å²) in [5.74, 6) is 2.72. The number of fused-ring (bicyclic) bond motifs is 1. The van der Waals surface area contributed by atoms with Crippen LogP contribution >= 0.6 is 22.7 Å². The van der Waals surface area contributed by atoms with Crippen LogP contribution in [0.4, 0.5) is 0 Å². The van der Waals surface area contributed by atoms with Crippen LogP contribution in [0.3, 0.4) is 0 Å². The van der Waals surface area contributed by atoms with Crippen LogP contribution < -0.4 is 0 Å². The molecule has 0 radical (unpaired) electrons. The van der Waals surface area contributed by atoms with Crippen molar-refractivity contribution < 1.29 is 0 Å². The van der Waals surface area contributed by atoms with Crippen LogP contribution in [0.15, 0.2) is 12.1 Å². The molecule has 1 atom stereocenters. The first-order valence-electron chi connectivity index (χ1n) is 12.2. The second kappa shape index (κ2) is 11.7. The van der Waals surface area contributed by atoms with Crippen LogP contribution in [0, 0.1) is 11.8 Å². The van der Waals surface area contributed by atoms with Gasteiger partial charge in [-0.3, -0.25) is 0 Å². The average molecular weight is 419 g/mol. The van der Waals surface area contributed by atoms with E-state index >= 15 is 0 Å². The Morgan fingerprint density at radius 3 is 2.18 bits per heavy atom. The van der Waals surface area contributed by atoms with Crippen molar-refractivity contribution in [2.75, 3.05) is 0 Å². The number of unbranched alkanes of at least 4 members (excludes halogenated alkanes) is 6. The van der Waals surface area contributed by atoms with Gasteiger partial charge >= 0.3 is 0 Å². The molecule has 1 aliphatic carbocycles. The van der Waals surface area contributed by atoms with Crippen LogP contribution in [-0.4, -0.2) is 0 Å². The molecule has 0 amide bonds. The zero-order valence-electron chi connectivity index (χ0n) is 18.6. The Labute approximate surface area is 182 Å². The van der Waals surface area contributed by atoms with E-state index in [1.165, 1.54) is 89.9 Å². The lowest BCUT2D eigenvalue weighted by Gasteiger charge is -2.32. The molecule has 0 aromatic carbocycles. The predicted octanol–water partition coefficient (Wildman–Crippen LogP) is 9.97. The summed E-state index contributed by atoms with van der Waals surface area (Å²) in [6, 6.07) is 4.99. The summed E-state index contributed by atoms with van der Waals surface area (Å²) in [7, 11) is 0. The van der Waals surface area contributed by atoms with Crippen LogP contribution in [0.25, 0.3) is 9.40 Å². The maximum absolute atomic E-state index is 2.53. The first kappa shape index (κ1) is 22.3. The Hall–Kier alpha value is -0.340. The first-order chi connectivity index (χ1) is 13.7. The monoisotopic (exact) mass is 418 g/mol. The molecule has 0 saturated heterocycles. The molecule has 28 heavy (non-hydrogen) atoms. The maximum atomic E-state index is 2.53. The molecular formula is C26H42S2. The third-order valence-corrected chi connectivity index (χ3v) is 9.59. The van der Waals surface area contributed by atoms with Gasteiger partial charge in [0, 0.05) is 19.2 Å². The predicted molar refractivity (Wildman–Crippen MR) is 130 cm³/mol. The van der Waals surface area contributed by atoms with Crippen LogP contribution in [0.5, 0.6) is 0 Å². The molecule has 2 aromatic rings. The topological polar surface area (TPSA) is 0 Å². The average Bonchev–Trinajstić information content (AvgIpc) is 3.26. The summed E-state index contributed by atoms with van der Waals surface area (Å²) in [5.41, 5.74) is 0. The molecule has 0 aliphatic heterocycles. The highest BCUT2D eigenvalue weighted by Gasteiger charge is 2.27. The second-order valence-corrected chi connectivity index (χ2v) is 11.6. The van der Waals surface area contributed by atoms with Crippen molar-refractivity contribution >= 4 is 32.1 Å². The minimum atomic E-state index is 0.763. The smallest absolute Gasteiger partial charge is 0.0456 e. The van der Waals surface area contributed by atoms with Crippen molar-refractivity contribution in [1.82, 2.24) is 0 Å². The number of hydrogen-bond acceptors (Lipinski definition) is 2. The van der Waals surface area contributed by atoms with Gasteiger partial charge in [0.15, 0.2) is 0 Å². The molecule has 1 aliphatic rings. The summed E-state index contributed by atoms with van der Waals surface area (Å²) < 4.78 is 3.09. The van der Waals surface area contributed by atoms with E-state index in [-0.39, 0.29) is 0 Å². The van der Waals surface area contributed by atoms with E-state index in [2.05, 4.69) is 44.2 Å². The zero-order valence-corrected chi connectivity index (χ0v) is 20.2. The number of hydrogen-bond donors (Lipinski definition) is 0. The maximum Gasteiger partial charge on any atom is 0.0456 e. The summed E-state index contributed by atoms with van der Waals surface area (Å²) in [6.07, 6.45) is 20.1. The molecule has 158 valence electrons. The summed E-state index contributed by atoms with van der Waals surface area (Å²) in [6.45, 7) is 7.09. The van der Waals surface area contributed by atoms with E-state index in [0.717, 1.165) is 17.8 Å². The van der Waals surface area contributed by atoms with Crippen LogP contribution in [0.2, 0.25) is 0 Å². The quantitative estimate of drug-likeness (QED) is 0.301. The molecule has 1 unspecified atom stereocenters. The van der Waals surface area contributed by atoms with Gasteiger partial charge < -0.3 is 0 Å². The molecule has 2 aromatic heterocycles. The van der Waals surface area contributed by atoms with Gasteiger partial charge in [-0.2, -0.15) is 0 Å². The van der Waals surface area contributed by atoms with E-state index < -0.39 is 0 Å². The fourth-order valence-electron chi connectivity index (χ4n) is 5.10. The zero-order chi connectivity index (χ0) is 19.8. The van der Waals surface area contributed by atoms with Crippen molar-refractivity contribution in [3.05, 3.63) is 21.9 Å². The van der Waals surface area contributed by atoms with Crippen molar-refractivity contribution in [2.24, 2.45) is 11.8 Å². The Balaban J connectivity index is 1.37. The number of thiophene rings is 2. The van der Waals surface area contributed by atoms with E-state index in [1.54, 1.807) is 19.2 Å². The molecular weight excluding hydrogens is 376 g/mol. The van der Waals surface area contributed by atoms with Gasteiger partial charge in [0.2, 0.25) is 0 Å². The van der Waals surface area contributed by atoms with E-state index in [9.17, 15) is 0 Å². The van der Waals surface area contributed by atoms with Gasteiger partial charge in [-0.05, 0) is 49.1 Å². The minimum absolute atomic E-state index is 0.763. The largest absolute Gasteiger partial charge is 0.139 e. The van der Waals surface area contributed by atoms with Gasteiger partial charge in [0.25, 0.3) is 0 Å². The highest BCUT2D eigenvalue weighted by atomic mass is 32.1. The normalized spacial score (nSPS) is 21.4. The molecule has 0 N–H and O–H groups in total. The lowest BCUT2D eigenvalue weighted by Crippen LogP contribution is -2.18. The minimum Gasteiger partial charge on any atom is -0.139 e. The first-order valence-corrected chi connectivity index (χ1v) is 13.9. The Morgan fingerprint density at radius 1 is 0.821 bits per heavy atom. The lowest BCUT2D eigenvalue weighted by molar-refractivity contribution is 0.237.